The van der Waals surface area contributed by atoms with E-state index in [2.05, 4.69) is 0 Å². The van der Waals surface area contributed by atoms with Crippen molar-refractivity contribution in [3.05, 3.63) is 76.1 Å². The molecule has 0 aliphatic carbocycles. The van der Waals surface area contributed by atoms with Crippen LogP contribution in [-0.2, 0) is 20.7 Å². The van der Waals surface area contributed by atoms with Crippen molar-refractivity contribution in [3.8, 4) is 22.6 Å². The Morgan fingerprint density at radius 1 is 1.06 bits per heavy atom. The Kier molecular flexibility index (Phi) is 5.68. The van der Waals surface area contributed by atoms with Gasteiger partial charge in [-0.1, -0.05) is 29.3 Å². The molecule has 1 aliphatic rings. The maximum Gasteiger partial charge on any atom is 0.297 e. The molecule has 5 nitrogen and oxygen atoms in total. The highest BCUT2D eigenvalue weighted by Gasteiger charge is 2.33. The molecule has 1 aliphatic heterocycles. The molecule has 0 amide bonds. The first-order valence-corrected chi connectivity index (χ1v) is 11.3. The molecular weight excluding hydrogens is 443 g/mol. The van der Waals surface area contributed by atoms with E-state index in [9.17, 15) is 12.8 Å². The smallest absolute Gasteiger partial charge is 0.297 e. The molecule has 0 fully saturated rings. The molecular formula is C23H20ClFO5S. The summed E-state index contributed by atoms with van der Waals surface area (Å²) in [7, 11) is -1.32. The molecule has 3 aromatic carbocycles. The summed E-state index contributed by atoms with van der Waals surface area (Å²) in [6.45, 7) is 1.86. The van der Waals surface area contributed by atoms with Crippen molar-refractivity contribution in [1.82, 2.24) is 0 Å². The number of aryl methyl sites for hydroxylation is 1. The monoisotopic (exact) mass is 462 g/mol. The average Bonchev–Trinajstić information content (AvgIpc) is 3.16. The van der Waals surface area contributed by atoms with Crippen molar-refractivity contribution in [2.45, 2.75) is 24.3 Å². The van der Waals surface area contributed by atoms with Gasteiger partial charge in [-0.05, 0) is 43.3 Å². The second-order valence-corrected chi connectivity index (χ2v) is 9.38. The van der Waals surface area contributed by atoms with Gasteiger partial charge < -0.3 is 9.47 Å². The van der Waals surface area contributed by atoms with Crippen LogP contribution in [0.25, 0.3) is 11.1 Å². The Morgan fingerprint density at radius 3 is 2.55 bits per heavy atom. The van der Waals surface area contributed by atoms with E-state index in [0.29, 0.717) is 45.2 Å². The first-order chi connectivity index (χ1) is 14.7. The molecule has 162 valence electrons. The van der Waals surface area contributed by atoms with Gasteiger partial charge >= 0.3 is 0 Å². The molecule has 1 unspecified atom stereocenters. The maximum atomic E-state index is 14.5. The van der Waals surface area contributed by atoms with Crippen LogP contribution in [0, 0.1) is 12.7 Å². The molecule has 3 aromatic rings. The summed E-state index contributed by atoms with van der Waals surface area (Å²) in [6, 6.07) is 12.8. The number of hydrogen-bond donors (Lipinski definition) is 0. The van der Waals surface area contributed by atoms with E-state index in [4.69, 9.17) is 25.3 Å². The van der Waals surface area contributed by atoms with Gasteiger partial charge in [0.05, 0.1) is 14.2 Å². The highest BCUT2D eigenvalue weighted by Crippen LogP contribution is 2.47. The minimum absolute atomic E-state index is 0.0285. The molecule has 1 heterocycles. The number of fused-ring (bicyclic) bond motifs is 1. The van der Waals surface area contributed by atoms with Crippen LogP contribution in [0.4, 0.5) is 4.39 Å². The minimum atomic E-state index is -3.95. The van der Waals surface area contributed by atoms with Crippen molar-refractivity contribution in [3.63, 3.8) is 0 Å². The summed E-state index contributed by atoms with van der Waals surface area (Å²) in [5.74, 6) is 0.547. The predicted octanol–water partition coefficient (Wildman–Crippen LogP) is 5.47. The van der Waals surface area contributed by atoms with Gasteiger partial charge in [0, 0.05) is 33.7 Å². The lowest BCUT2D eigenvalue weighted by atomic mass is 9.98. The number of ether oxygens (including phenoxy) is 2. The summed E-state index contributed by atoms with van der Waals surface area (Å²) >= 11 is 6.17. The summed E-state index contributed by atoms with van der Waals surface area (Å²) in [4.78, 5) is 0.0285. The first kappa shape index (κ1) is 21.6. The van der Waals surface area contributed by atoms with Gasteiger partial charge in [0.2, 0.25) is 0 Å². The summed E-state index contributed by atoms with van der Waals surface area (Å²) in [5, 5.41) is 0.468. The van der Waals surface area contributed by atoms with Crippen LogP contribution < -0.4 is 9.47 Å². The van der Waals surface area contributed by atoms with E-state index < -0.39 is 22.0 Å². The fourth-order valence-electron chi connectivity index (χ4n) is 3.83. The molecule has 0 saturated heterocycles. The van der Waals surface area contributed by atoms with Gasteiger partial charge in [0.25, 0.3) is 10.1 Å². The maximum absolute atomic E-state index is 14.5. The van der Waals surface area contributed by atoms with Crippen LogP contribution in [0.1, 0.15) is 22.8 Å². The second kappa shape index (κ2) is 8.15. The van der Waals surface area contributed by atoms with Crippen LogP contribution in [-0.4, -0.2) is 22.6 Å². The van der Waals surface area contributed by atoms with Gasteiger partial charge in [-0.25, -0.2) is 4.39 Å². The predicted molar refractivity (Wildman–Crippen MR) is 116 cm³/mol. The van der Waals surface area contributed by atoms with Crippen molar-refractivity contribution in [1.29, 1.82) is 0 Å². The quantitative estimate of drug-likeness (QED) is 0.470. The van der Waals surface area contributed by atoms with E-state index in [1.165, 1.54) is 25.3 Å². The van der Waals surface area contributed by atoms with E-state index in [1.54, 1.807) is 30.3 Å². The Labute approximate surface area is 185 Å². The van der Waals surface area contributed by atoms with Crippen molar-refractivity contribution in [2.75, 3.05) is 14.2 Å². The Balaban J connectivity index is 1.85. The zero-order chi connectivity index (χ0) is 22.3. The molecule has 31 heavy (non-hydrogen) atoms. The Hall–Kier alpha value is -2.61. The summed E-state index contributed by atoms with van der Waals surface area (Å²) in [6.07, 6.45) is -0.320. The van der Waals surface area contributed by atoms with Crippen LogP contribution in [0.15, 0.2) is 53.4 Å². The van der Waals surface area contributed by atoms with Gasteiger partial charge in [-0.15, -0.1) is 0 Å². The lowest BCUT2D eigenvalue weighted by Crippen LogP contribution is -2.12. The molecule has 4 rings (SSSR count). The molecule has 8 heteroatoms. The van der Waals surface area contributed by atoms with Gasteiger partial charge in [0.15, 0.2) is 0 Å². The Bertz CT molecular complexity index is 1270. The highest BCUT2D eigenvalue weighted by atomic mass is 35.5. The standard InChI is InChI=1S/C23H20ClFO5S/c1-13-4-7-22(31(26,27)29-3)19(8-13)21-10-14-9-16(25)12-18(23(14)30-21)17-11-15(24)5-6-20(17)28-2/h4-9,11-12,21H,10H2,1-3H3. The van der Waals surface area contributed by atoms with E-state index >= 15 is 0 Å². The average molecular weight is 463 g/mol. The van der Waals surface area contributed by atoms with Crippen molar-refractivity contribution in [2.24, 2.45) is 0 Å². The topological polar surface area (TPSA) is 61.8 Å². The number of rotatable bonds is 5. The third-order valence-corrected chi connectivity index (χ3v) is 6.83. The molecule has 0 spiro atoms. The summed E-state index contributed by atoms with van der Waals surface area (Å²) in [5.41, 5.74) is 3.03. The van der Waals surface area contributed by atoms with Crippen LogP contribution in [0.5, 0.6) is 11.5 Å². The number of halogens is 2. The molecule has 0 radical (unpaired) electrons. The van der Waals surface area contributed by atoms with E-state index in [-0.39, 0.29) is 4.90 Å². The molecule has 0 aromatic heterocycles. The normalized spacial score (nSPS) is 15.5. The first-order valence-electron chi connectivity index (χ1n) is 9.47. The summed E-state index contributed by atoms with van der Waals surface area (Å²) < 4.78 is 55.8. The fraction of sp³-hybridized carbons (Fsp3) is 0.217. The van der Waals surface area contributed by atoms with Crippen molar-refractivity contribution >= 4 is 21.7 Å². The van der Waals surface area contributed by atoms with Gasteiger partial charge in [0.1, 0.15) is 28.3 Å². The zero-order valence-electron chi connectivity index (χ0n) is 17.1. The highest BCUT2D eigenvalue weighted by molar-refractivity contribution is 7.86. The molecule has 0 saturated carbocycles. The lowest BCUT2D eigenvalue weighted by Gasteiger charge is -2.17. The third-order valence-electron chi connectivity index (χ3n) is 5.25. The lowest BCUT2D eigenvalue weighted by molar-refractivity contribution is 0.235. The second-order valence-electron chi connectivity index (χ2n) is 7.26. The Morgan fingerprint density at radius 2 is 1.84 bits per heavy atom. The number of benzene rings is 3. The van der Waals surface area contributed by atoms with Crippen LogP contribution in [0.2, 0.25) is 5.02 Å². The van der Waals surface area contributed by atoms with Gasteiger partial charge in [-0.2, -0.15) is 8.42 Å². The fourth-order valence-corrected chi connectivity index (χ4v) is 4.89. The molecule has 0 N–H and O–H groups in total. The van der Waals surface area contributed by atoms with E-state index in [1.807, 2.05) is 6.92 Å². The largest absolute Gasteiger partial charge is 0.496 e. The van der Waals surface area contributed by atoms with E-state index in [0.717, 1.165) is 12.7 Å². The third kappa shape index (κ3) is 4.01. The van der Waals surface area contributed by atoms with Gasteiger partial charge in [-0.3, -0.25) is 4.18 Å². The SMILES string of the molecule is COc1ccc(Cl)cc1-c1cc(F)cc2c1OC(c1cc(C)ccc1S(=O)(=O)OC)C2. The number of hydrogen-bond acceptors (Lipinski definition) is 5. The van der Waals surface area contributed by atoms with Crippen LogP contribution >= 0.6 is 11.6 Å². The zero-order valence-corrected chi connectivity index (χ0v) is 18.7. The number of methoxy groups -OCH3 is 1. The van der Waals surface area contributed by atoms with Crippen molar-refractivity contribution < 1.29 is 26.5 Å². The van der Waals surface area contributed by atoms with Crippen LogP contribution in [0.3, 0.4) is 0 Å². The minimum Gasteiger partial charge on any atom is -0.496 e. The molecule has 0 bridgehead atoms. The molecule has 1 atom stereocenters.